The van der Waals surface area contributed by atoms with Crippen LogP contribution in [0.5, 0.6) is 5.75 Å². The Hall–Kier alpha value is -2.19. The predicted octanol–water partition coefficient (Wildman–Crippen LogP) is 5.41. The molecule has 2 rings (SSSR count). The number of halogens is 6. The standard InChI is InChI=1S/C15H13F6NO2/c1-8(2)12-6-22-13(24-12)7-23-11-4-9(14(16,17)18)3-10(5-11)15(19,20)21/h3-6,8H,7H2,1-2H3. The first kappa shape index (κ1) is 18.2. The van der Waals surface area contributed by atoms with Crippen molar-refractivity contribution in [2.45, 2.75) is 38.7 Å². The van der Waals surface area contributed by atoms with Crippen molar-refractivity contribution in [1.82, 2.24) is 4.98 Å². The van der Waals surface area contributed by atoms with Gasteiger partial charge in [-0.25, -0.2) is 4.98 Å². The van der Waals surface area contributed by atoms with Crippen LogP contribution in [0.2, 0.25) is 0 Å². The zero-order valence-electron chi connectivity index (χ0n) is 12.6. The summed E-state index contributed by atoms with van der Waals surface area (Å²) in [5.41, 5.74) is -2.88. The molecule has 3 nitrogen and oxygen atoms in total. The van der Waals surface area contributed by atoms with E-state index in [1.807, 2.05) is 13.8 Å². The van der Waals surface area contributed by atoms with E-state index in [1.54, 1.807) is 0 Å². The summed E-state index contributed by atoms with van der Waals surface area (Å²) in [6, 6.07) is 1.04. The number of hydrogen-bond acceptors (Lipinski definition) is 3. The van der Waals surface area contributed by atoms with Gasteiger partial charge in [0.1, 0.15) is 11.5 Å². The number of aromatic nitrogens is 1. The number of oxazole rings is 1. The Balaban J connectivity index is 2.25. The van der Waals surface area contributed by atoms with Gasteiger partial charge in [-0.1, -0.05) is 13.8 Å². The highest BCUT2D eigenvalue weighted by Crippen LogP contribution is 2.38. The molecule has 0 spiro atoms. The summed E-state index contributed by atoms with van der Waals surface area (Å²) in [5, 5.41) is 0. The lowest BCUT2D eigenvalue weighted by molar-refractivity contribution is -0.143. The monoisotopic (exact) mass is 353 g/mol. The largest absolute Gasteiger partial charge is 0.484 e. The molecule has 24 heavy (non-hydrogen) atoms. The molecule has 2 aromatic rings. The molecular formula is C15H13F6NO2. The van der Waals surface area contributed by atoms with Gasteiger partial charge in [-0.15, -0.1) is 0 Å². The van der Waals surface area contributed by atoms with Gasteiger partial charge in [0.2, 0.25) is 5.89 Å². The maximum Gasteiger partial charge on any atom is 0.416 e. The Morgan fingerprint density at radius 2 is 1.54 bits per heavy atom. The zero-order chi connectivity index (χ0) is 18.1. The molecule has 1 aromatic heterocycles. The molecule has 0 N–H and O–H groups in total. The van der Waals surface area contributed by atoms with Crippen LogP contribution in [-0.2, 0) is 19.0 Å². The summed E-state index contributed by atoms with van der Waals surface area (Å²) in [5.74, 6) is 0.0661. The SMILES string of the molecule is CC(C)c1cnc(COc2cc(C(F)(F)F)cc(C(F)(F)F)c2)o1. The van der Waals surface area contributed by atoms with Crippen molar-refractivity contribution >= 4 is 0 Å². The number of hydrogen-bond donors (Lipinski definition) is 0. The second-order valence-electron chi connectivity index (χ2n) is 5.34. The summed E-state index contributed by atoms with van der Waals surface area (Å²) in [7, 11) is 0. The molecule has 0 fully saturated rings. The summed E-state index contributed by atoms with van der Waals surface area (Å²) in [6.07, 6.45) is -8.42. The molecule has 1 heterocycles. The van der Waals surface area contributed by atoms with Crippen molar-refractivity contribution in [2.24, 2.45) is 0 Å². The molecule has 132 valence electrons. The lowest BCUT2D eigenvalue weighted by atomic mass is 10.1. The molecule has 1 aromatic carbocycles. The van der Waals surface area contributed by atoms with Crippen LogP contribution in [0.15, 0.2) is 28.8 Å². The summed E-state index contributed by atoms with van der Waals surface area (Å²) in [6.45, 7) is 3.30. The van der Waals surface area contributed by atoms with E-state index >= 15 is 0 Å². The number of rotatable bonds is 4. The van der Waals surface area contributed by atoms with E-state index in [-0.39, 0.29) is 24.5 Å². The fourth-order valence-corrected chi connectivity index (χ4v) is 1.81. The van der Waals surface area contributed by atoms with E-state index in [9.17, 15) is 26.3 Å². The third-order valence-electron chi connectivity index (χ3n) is 3.06. The van der Waals surface area contributed by atoms with Crippen LogP contribution in [0, 0.1) is 0 Å². The average molecular weight is 353 g/mol. The number of alkyl halides is 6. The van der Waals surface area contributed by atoms with Crippen molar-refractivity contribution < 1.29 is 35.5 Å². The smallest absolute Gasteiger partial charge is 0.416 e. The molecule has 0 amide bonds. The maximum absolute atomic E-state index is 12.7. The zero-order valence-corrected chi connectivity index (χ0v) is 12.6. The van der Waals surface area contributed by atoms with Crippen LogP contribution in [0.4, 0.5) is 26.3 Å². The van der Waals surface area contributed by atoms with Gasteiger partial charge >= 0.3 is 12.4 Å². The molecule has 0 aliphatic heterocycles. The first-order chi connectivity index (χ1) is 11.0. The molecule has 0 radical (unpaired) electrons. The molecule has 0 aliphatic rings. The van der Waals surface area contributed by atoms with Gasteiger partial charge in [-0.3, -0.25) is 0 Å². The van der Waals surface area contributed by atoms with Gasteiger partial charge in [-0.05, 0) is 18.2 Å². The van der Waals surface area contributed by atoms with Crippen LogP contribution >= 0.6 is 0 Å². The molecule has 0 saturated carbocycles. The molecule has 0 atom stereocenters. The number of ether oxygens (including phenoxy) is 1. The minimum Gasteiger partial charge on any atom is -0.484 e. The lowest BCUT2D eigenvalue weighted by Crippen LogP contribution is -2.11. The van der Waals surface area contributed by atoms with Crippen molar-refractivity contribution in [1.29, 1.82) is 0 Å². The Bertz CT molecular complexity index is 670. The van der Waals surface area contributed by atoms with E-state index < -0.39 is 29.2 Å². The van der Waals surface area contributed by atoms with Crippen LogP contribution < -0.4 is 4.74 Å². The van der Waals surface area contributed by atoms with Gasteiger partial charge < -0.3 is 9.15 Å². The highest BCUT2D eigenvalue weighted by atomic mass is 19.4. The quantitative estimate of drug-likeness (QED) is 0.689. The molecule has 0 aliphatic carbocycles. The molecule has 0 saturated heterocycles. The van der Waals surface area contributed by atoms with Crippen LogP contribution in [0.1, 0.15) is 42.5 Å². The summed E-state index contributed by atoms with van der Waals surface area (Å²) >= 11 is 0. The van der Waals surface area contributed by atoms with Crippen LogP contribution in [0.25, 0.3) is 0 Å². The fraction of sp³-hybridized carbons (Fsp3) is 0.400. The number of benzene rings is 1. The van der Waals surface area contributed by atoms with Gasteiger partial charge in [0.15, 0.2) is 6.61 Å². The van der Waals surface area contributed by atoms with E-state index in [2.05, 4.69) is 4.98 Å². The van der Waals surface area contributed by atoms with Gasteiger partial charge in [-0.2, -0.15) is 26.3 Å². The second-order valence-corrected chi connectivity index (χ2v) is 5.34. The highest BCUT2D eigenvalue weighted by molar-refractivity contribution is 5.37. The Labute approximate surface area is 133 Å². The normalized spacial score (nSPS) is 12.7. The lowest BCUT2D eigenvalue weighted by Gasteiger charge is -2.14. The molecular weight excluding hydrogens is 340 g/mol. The van der Waals surface area contributed by atoms with E-state index in [4.69, 9.17) is 9.15 Å². The highest BCUT2D eigenvalue weighted by Gasteiger charge is 2.37. The van der Waals surface area contributed by atoms with Crippen molar-refractivity contribution in [3.8, 4) is 5.75 Å². The predicted molar refractivity (Wildman–Crippen MR) is 71.4 cm³/mol. The van der Waals surface area contributed by atoms with Crippen molar-refractivity contribution in [3.63, 3.8) is 0 Å². The summed E-state index contributed by atoms with van der Waals surface area (Å²) < 4.78 is 86.7. The third kappa shape index (κ3) is 4.42. The second kappa shape index (κ2) is 6.37. The van der Waals surface area contributed by atoms with E-state index in [0.29, 0.717) is 17.9 Å². The third-order valence-corrected chi connectivity index (χ3v) is 3.06. The Kier molecular flexibility index (Phi) is 4.82. The minimum atomic E-state index is -4.92. The number of nitrogens with zero attached hydrogens (tertiary/aromatic N) is 1. The average Bonchev–Trinajstić information content (AvgIpc) is 2.92. The van der Waals surface area contributed by atoms with Crippen molar-refractivity contribution in [2.75, 3.05) is 0 Å². The van der Waals surface area contributed by atoms with Crippen LogP contribution in [0.3, 0.4) is 0 Å². The Morgan fingerprint density at radius 1 is 1.00 bits per heavy atom. The minimum absolute atomic E-state index is 0.0366. The van der Waals surface area contributed by atoms with Gasteiger partial charge in [0.25, 0.3) is 0 Å². The van der Waals surface area contributed by atoms with Gasteiger partial charge in [0.05, 0.1) is 17.3 Å². The summed E-state index contributed by atoms with van der Waals surface area (Å²) in [4.78, 5) is 3.86. The van der Waals surface area contributed by atoms with Gasteiger partial charge in [0, 0.05) is 5.92 Å². The van der Waals surface area contributed by atoms with Crippen LogP contribution in [-0.4, -0.2) is 4.98 Å². The topological polar surface area (TPSA) is 35.3 Å². The molecule has 0 unspecified atom stereocenters. The first-order valence-corrected chi connectivity index (χ1v) is 6.83. The Morgan fingerprint density at radius 3 is 1.96 bits per heavy atom. The first-order valence-electron chi connectivity index (χ1n) is 6.83. The molecule has 0 bridgehead atoms. The van der Waals surface area contributed by atoms with E-state index in [0.717, 1.165) is 0 Å². The maximum atomic E-state index is 12.7. The fourth-order valence-electron chi connectivity index (χ4n) is 1.81. The van der Waals surface area contributed by atoms with E-state index in [1.165, 1.54) is 6.20 Å². The van der Waals surface area contributed by atoms with Crippen molar-refractivity contribution in [3.05, 3.63) is 47.2 Å². The molecule has 9 heteroatoms.